The molecule has 1 amide bonds. The van der Waals surface area contributed by atoms with Gasteiger partial charge in [-0.15, -0.1) is 10.2 Å². The van der Waals surface area contributed by atoms with E-state index in [0.29, 0.717) is 24.7 Å². The van der Waals surface area contributed by atoms with Crippen LogP contribution in [0.4, 0.5) is 0 Å². The highest BCUT2D eigenvalue weighted by molar-refractivity contribution is 7.99. The van der Waals surface area contributed by atoms with Gasteiger partial charge in [0, 0.05) is 18.5 Å². The second-order valence-electron chi connectivity index (χ2n) is 5.69. The minimum absolute atomic E-state index is 0.0101. The summed E-state index contributed by atoms with van der Waals surface area (Å²) >= 11 is 1.38. The van der Waals surface area contributed by atoms with Gasteiger partial charge in [-0.25, -0.2) is 0 Å². The van der Waals surface area contributed by atoms with Gasteiger partial charge >= 0.3 is 0 Å². The van der Waals surface area contributed by atoms with Crippen LogP contribution < -0.4 is 0 Å². The van der Waals surface area contributed by atoms with Crippen LogP contribution >= 0.6 is 11.8 Å². The maximum absolute atomic E-state index is 12.4. The van der Waals surface area contributed by atoms with Gasteiger partial charge in [0.05, 0.1) is 23.8 Å². The molecule has 0 aliphatic rings. The number of fused-ring (bicyclic) bond motifs is 3. The van der Waals surface area contributed by atoms with Crippen LogP contribution in [0.15, 0.2) is 35.5 Å². The van der Waals surface area contributed by atoms with Crippen molar-refractivity contribution in [3.63, 3.8) is 0 Å². The van der Waals surface area contributed by atoms with Gasteiger partial charge in [0.15, 0.2) is 10.8 Å². The van der Waals surface area contributed by atoms with E-state index in [-0.39, 0.29) is 11.7 Å². The third-order valence-electron chi connectivity index (χ3n) is 4.13. The Kier molecular flexibility index (Phi) is 5.19. The SMILES string of the molecule is CCN(CCC#N)C(=O)CSc1nnc2cc(C)c3ccccc3n12. The predicted molar refractivity (Wildman–Crippen MR) is 98.4 cm³/mol. The highest BCUT2D eigenvalue weighted by atomic mass is 32.2. The van der Waals surface area contributed by atoms with Crippen LogP contribution in [0.5, 0.6) is 0 Å². The molecule has 0 spiro atoms. The maximum Gasteiger partial charge on any atom is 0.233 e. The predicted octanol–water partition coefficient (Wildman–Crippen LogP) is 3.05. The highest BCUT2D eigenvalue weighted by Gasteiger charge is 2.16. The van der Waals surface area contributed by atoms with Crippen molar-refractivity contribution in [3.05, 3.63) is 35.9 Å². The largest absolute Gasteiger partial charge is 0.341 e. The lowest BCUT2D eigenvalue weighted by Crippen LogP contribution is -2.33. The van der Waals surface area contributed by atoms with Crippen molar-refractivity contribution in [1.29, 1.82) is 5.26 Å². The molecule has 0 saturated carbocycles. The summed E-state index contributed by atoms with van der Waals surface area (Å²) < 4.78 is 1.99. The number of carbonyl (C=O) groups is 1. The molecule has 6 nitrogen and oxygen atoms in total. The lowest BCUT2D eigenvalue weighted by Gasteiger charge is -2.18. The van der Waals surface area contributed by atoms with E-state index in [1.165, 1.54) is 11.8 Å². The molecule has 0 aliphatic heterocycles. The summed E-state index contributed by atoms with van der Waals surface area (Å²) in [6, 6.07) is 12.2. The Hall–Kier alpha value is -2.59. The van der Waals surface area contributed by atoms with Crippen LogP contribution in [0.2, 0.25) is 0 Å². The Morgan fingerprint density at radius 3 is 2.92 bits per heavy atom. The van der Waals surface area contributed by atoms with E-state index in [1.54, 1.807) is 4.90 Å². The zero-order chi connectivity index (χ0) is 17.8. The fourth-order valence-electron chi connectivity index (χ4n) is 2.83. The average molecular weight is 353 g/mol. The lowest BCUT2D eigenvalue weighted by atomic mass is 10.1. The number of thioether (sulfide) groups is 1. The smallest absolute Gasteiger partial charge is 0.233 e. The Morgan fingerprint density at radius 1 is 1.36 bits per heavy atom. The molecular formula is C18H19N5OS. The Morgan fingerprint density at radius 2 is 2.16 bits per heavy atom. The minimum Gasteiger partial charge on any atom is -0.341 e. The van der Waals surface area contributed by atoms with E-state index in [4.69, 9.17) is 5.26 Å². The molecule has 0 radical (unpaired) electrons. The Balaban J connectivity index is 1.86. The first-order chi connectivity index (χ1) is 12.2. The fourth-order valence-corrected chi connectivity index (χ4v) is 3.68. The molecule has 0 saturated heterocycles. The number of amides is 1. The summed E-state index contributed by atoms with van der Waals surface area (Å²) in [6.45, 7) is 5.04. The molecular weight excluding hydrogens is 334 g/mol. The van der Waals surface area contributed by atoms with Gasteiger partial charge in [0.25, 0.3) is 0 Å². The highest BCUT2D eigenvalue weighted by Crippen LogP contribution is 2.25. The first-order valence-electron chi connectivity index (χ1n) is 8.16. The standard InChI is InChI=1S/C18H19N5OS/c1-3-22(10-6-9-19)17(24)12-25-18-21-20-16-11-13(2)14-7-4-5-8-15(14)23(16)18/h4-5,7-8,11H,3,6,10,12H2,1-2H3. The molecule has 0 bridgehead atoms. The molecule has 2 aromatic heterocycles. The zero-order valence-electron chi connectivity index (χ0n) is 14.3. The number of para-hydroxylation sites is 1. The van der Waals surface area contributed by atoms with E-state index < -0.39 is 0 Å². The van der Waals surface area contributed by atoms with Gasteiger partial charge in [-0.05, 0) is 31.5 Å². The van der Waals surface area contributed by atoms with Crippen molar-refractivity contribution >= 4 is 34.2 Å². The van der Waals surface area contributed by atoms with Crippen LogP contribution in [0.3, 0.4) is 0 Å². The van der Waals surface area contributed by atoms with Gasteiger partial charge in [0.1, 0.15) is 0 Å². The molecule has 25 heavy (non-hydrogen) atoms. The van der Waals surface area contributed by atoms with E-state index >= 15 is 0 Å². The van der Waals surface area contributed by atoms with Crippen molar-refractivity contribution < 1.29 is 4.79 Å². The molecule has 0 N–H and O–H groups in total. The van der Waals surface area contributed by atoms with Gasteiger partial charge in [-0.1, -0.05) is 30.0 Å². The van der Waals surface area contributed by atoms with E-state index in [2.05, 4.69) is 29.3 Å². The molecule has 3 aromatic rings. The van der Waals surface area contributed by atoms with Crippen molar-refractivity contribution in [2.45, 2.75) is 25.4 Å². The number of pyridine rings is 1. The van der Waals surface area contributed by atoms with E-state index in [9.17, 15) is 4.79 Å². The summed E-state index contributed by atoms with van der Waals surface area (Å²) in [5.74, 6) is 0.290. The molecule has 0 unspecified atom stereocenters. The van der Waals surface area contributed by atoms with Crippen LogP contribution in [-0.4, -0.2) is 44.2 Å². The molecule has 0 atom stereocenters. The van der Waals surface area contributed by atoms with Gasteiger partial charge in [-0.2, -0.15) is 5.26 Å². The average Bonchev–Trinajstić information content (AvgIpc) is 3.03. The second kappa shape index (κ2) is 7.53. The molecule has 3 rings (SSSR count). The summed E-state index contributed by atoms with van der Waals surface area (Å²) in [5.41, 5.74) is 2.97. The molecule has 7 heteroatoms. The Bertz CT molecular complexity index is 959. The maximum atomic E-state index is 12.4. The molecule has 128 valence electrons. The van der Waals surface area contributed by atoms with Crippen LogP contribution in [0.1, 0.15) is 18.9 Å². The molecule has 0 aliphatic carbocycles. The summed E-state index contributed by atoms with van der Waals surface area (Å²) in [7, 11) is 0. The number of carbonyl (C=O) groups excluding carboxylic acids is 1. The first kappa shape index (κ1) is 17.2. The second-order valence-corrected chi connectivity index (χ2v) is 6.63. The third kappa shape index (κ3) is 3.44. The lowest BCUT2D eigenvalue weighted by molar-refractivity contribution is -0.128. The third-order valence-corrected chi connectivity index (χ3v) is 5.04. The van der Waals surface area contributed by atoms with E-state index in [1.807, 2.05) is 35.6 Å². The number of rotatable bonds is 6. The van der Waals surface area contributed by atoms with Gasteiger partial charge in [0.2, 0.25) is 5.91 Å². The summed E-state index contributed by atoms with van der Waals surface area (Å²) in [4.78, 5) is 14.1. The number of aromatic nitrogens is 3. The fraction of sp³-hybridized carbons (Fsp3) is 0.333. The monoisotopic (exact) mass is 353 g/mol. The summed E-state index contributed by atoms with van der Waals surface area (Å²) in [6.07, 6.45) is 0.349. The molecule has 1 aromatic carbocycles. The number of hydrogen-bond donors (Lipinski definition) is 0. The number of nitrogens with zero attached hydrogens (tertiary/aromatic N) is 5. The number of hydrogen-bond acceptors (Lipinski definition) is 5. The topological polar surface area (TPSA) is 74.3 Å². The zero-order valence-corrected chi connectivity index (χ0v) is 15.1. The van der Waals surface area contributed by atoms with Crippen LogP contribution in [0, 0.1) is 18.3 Å². The van der Waals surface area contributed by atoms with Gasteiger partial charge < -0.3 is 4.90 Å². The Labute approximate surface area is 150 Å². The summed E-state index contributed by atoms with van der Waals surface area (Å²) in [5, 5.41) is 19.1. The quantitative estimate of drug-likeness (QED) is 0.637. The molecule has 0 fully saturated rings. The van der Waals surface area contributed by atoms with Crippen molar-refractivity contribution in [2.75, 3.05) is 18.8 Å². The van der Waals surface area contributed by atoms with E-state index in [0.717, 1.165) is 22.1 Å². The van der Waals surface area contributed by atoms with Crippen LogP contribution in [0.25, 0.3) is 16.6 Å². The molecule has 2 heterocycles. The normalized spacial score (nSPS) is 10.9. The first-order valence-corrected chi connectivity index (χ1v) is 9.15. The minimum atomic E-state index is 0.0101. The van der Waals surface area contributed by atoms with Crippen molar-refractivity contribution in [2.24, 2.45) is 0 Å². The van der Waals surface area contributed by atoms with Gasteiger partial charge in [-0.3, -0.25) is 9.20 Å². The number of nitriles is 1. The van der Waals surface area contributed by atoms with Crippen molar-refractivity contribution in [1.82, 2.24) is 19.5 Å². The van der Waals surface area contributed by atoms with Crippen LogP contribution in [-0.2, 0) is 4.79 Å². The van der Waals surface area contributed by atoms with Crippen molar-refractivity contribution in [3.8, 4) is 6.07 Å². The number of benzene rings is 1. The number of aryl methyl sites for hydroxylation is 1.